The summed E-state index contributed by atoms with van der Waals surface area (Å²) in [6.45, 7) is 3.17. The lowest BCUT2D eigenvalue weighted by Gasteiger charge is -2.30. The van der Waals surface area contributed by atoms with Gasteiger partial charge in [-0.3, -0.25) is 4.79 Å². The highest BCUT2D eigenvalue weighted by Gasteiger charge is 2.29. The number of pyridine rings is 1. The Hall–Kier alpha value is -2.31. The first kappa shape index (κ1) is 16.5. The molecule has 0 aliphatic carbocycles. The van der Waals surface area contributed by atoms with Gasteiger partial charge in [-0.15, -0.1) is 0 Å². The smallest absolute Gasteiger partial charge is 0.409 e. The van der Waals surface area contributed by atoms with E-state index in [1.165, 1.54) is 20.0 Å². The number of nitrogens with one attached hydrogen (secondary N) is 1. The SMILES string of the molecule is COC(=O)N1CCCC(C(=O)Nc2ccc(N3CCCC3)cn2)C1. The molecule has 0 aromatic carbocycles. The second-order valence-electron chi connectivity index (χ2n) is 6.34. The van der Waals surface area contributed by atoms with Crippen LogP contribution in [0.4, 0.5) is 16.3 Å². The first-order chi connectivity index (χ1) is 11.7. The van der Waals surface area contributed by atoms with Crippen LogP contribution in [0.3, 0.4) is 0 Å². The number of aromatic nitrogens is 1. The third-order valence-electron chi connectivity index (χ3n) is 4.70. The maximum absolute atomic E-state index is 12.4. The van der Waals surface area contributed by atoms with Crippen LogP contribution in [0.2, 0.25) is 0 Å². The molecule has 24 heavy (non-hydrogen) atoms. The zero-order valence-corrected chi connectivity index (χ0v) is 14.0. The lowest BCUT2D eigenvalue weighted by Crippen LogP contribution is -2.43. The summed E-state index contributed by atoms with van der Waals surface area (Å²) in [6.07, 6.45) is 5.44. The quantitative estimate of drug-likeness (QED) is 0.917. The molecule has 1 unspecified atom stereocenters. The standard InChI is InChI=1S/C17H24N4O3/c1-24-17(23)21-10-4-5-13(12-21)16(22)19-15-7-6-14(11-18-15)20-8-2-3-9-20/h6-7,11,13H,2-5,8-10,12H2,1H3,(H,18,19,22). The first-order valence-corrected chi connectivity index (χ1v) is 8.52. The molecule has 2 saturated heterocycles. The monoisotopic (exact) mass is 332 g/mol. The fourth-order valence-corrected chi connectivity index (χ4v) is 3.34. The molecule has 2 aliphatic heterocycles. The molecule has 130 valence electrons. The molecule has 1 atom stereocenters. The third kappa shape index (κ3) is 3.77. The van der Waals surface area contributed by atoms with Crippen molar-refractivity contribution in [2.45, 2.75) is 25.7 Å². The number of carbonyl (C=O) groups is 2. The lowest BCUT2D eigenvalue weighted by atomic mass is 9.97. The van der Waals surface area contributed by atoms with E-state index in [2.05, 4.69) is 15.2 Å². The third-order valence-corrected chi connectivity index (χ3v) is 4.70. The van der Waals surface area contributed by atoms with Gasteiger partial charge in [0.1, 0.15) is 5.82 Å². The van der Waals surface area contributed by atoms with Crippen molar-refractivity contribution in [1.82, 2.24) is 9.88 Å². The maximum Gasteiger partial charge on any atom is 0.409 e. The molecule has 0 bridgehead atoms. The van der Waals surface area contributed by atoms with Gasteiger partial charge in [-0.05, 0) is 37.8 Å². The molecule has 2 fully saturated rings. The van der Waals surface area contributed by atoms with Crippen LogP contribution in [-0.4, -0.2) is 55.2 Å². The zero-order valence-electron chi connectivity index (χ0n) is 14.0. The number of anilines is 2. The number of ether oxygens (including phenoxy) is 1. The second-order valence-corrected chi connectivity index (χ2v) is 6.34. The van der Waals surface area contributed by atoms with Gasteiger partial charge in [0.05, 0.1) is 24.9 Å². The normalized spacial score (nSPS) is 20.8. The second kappa shape index (κ2) is 7.51. The molecule has 0 saturated carbocycles. The summed E-state index contributed by atoms with van der Waals surface area (Å²) in [5.74, 6) is 0.237. The molecule has 0 radical (unpaired) electrons. The minimum Gasteiger partial charge on any atom is -0.453 e. The van der Waals surface area contributed by atoms with Crippen molar-refractivity contribution >= 4 is 23.5 Å². The van der Waals surface area contributed by atoms with Crippen molar-refractivity contribution in [3.8, 4) is 0 Å². The summed E-state index contributed by atoms with van der Waals surface area (Å²) in [7, 11) is 1.36. The van der Waals surface area contributed by atoms with E-state index in [-0.39, 0.29) is 17.9 Å². The molecule has 1 aromatic heterocycles. The van der Waals surface area contributed by atoms with Gasteiger partial charge in [0.15, 0.2) is 0 Å². The largest absolute Gasteiger partial charge is 0.453 e. The predicted molar refractivity (Wildman–Crippen MR) is 91.0 cm³/mol. The minimum absolute atomic E-state index is 0.0926. The van der Waals surface area contributed by atoms with Gasteiger partial charge in [-0.2, -0.15) is 0 Å². The topological polar surface area (TPSA) is 74.8 Å². The Bertz CT molecular complexity index is 584. The molecule has 3 rings (SSSR count). The summed E-state index contributed by atoms with van der Waals surface area (Å²) in [4.78, 5) is 32.3. The maximum atomic E-state index is 12.4. The molecule has 1 N–H and O–H groups in total. The predicted octanol–water partition coefficient (Wildman–Crippen LogP) is 2.10. The summed E-state index contributed by atoms with van der Waals surface area (Å²) in [5.41, 5.74) is 1.10. The highest BCUT2D eigenvalue weighted by Crippen LogP contribution is 2.22. The number of piperidine rings is 1. The van der Waals surface area contributed by atoms with E-state index in [0.29, 0.717) is 18.9 Å². The van der Waals surface area contributed by atoms with E-state index in [1.807, 2.05) is 18.3 Å². The molecule has 2 aliphatic rings. The molecule has 2 amide bonds. The van der Waals surface area contributed by atoms with Crippen LogP contribution < -0.4 is 10.2 Å². The van der Waals surface area contributed by atoms with Crippen LogP contribution in [0.15, 0.2) is 18.3 Å². The van der Waals surface area contributed by atoms with Gasteiger partial charge in [-0.1, -0.05) is 0 Å². The van der Waals surface area contributed by atoms with E-state index in [9.17, 15) is 9.59 Å². The van der Waals surface area contributed by atoms with Crippen molar-refractivity contribution in [2.75, 3.05) is 43.5 Å². The van der Waals surface area contributed by atoms with E-state index in [4.69, 9.17) is 4.74 Å². The molecular weight excluding hydrogens is 308 g/mol. The van der Waals surface area contributed by atoms with E-state index in [1.54, 1.807) is 4.90 Å². The summed E-state index contributed by atoms with van der Waals surface area (Å²) < 4.78 is 4.74. The van der Waals surface area contributed by atoms with Gasteiger partial charge in [0, 0.05) is 26.2 Å². The minimum atomic E-state index is -0.374. The molecule has 1 aromatic rings. The Kier molecular flexibility index (Phi) is 5.17. The number of amides is 2. The number of hydrogen-bond acceptors (Lipinski definition) is 5. The van der Waals surface area contributed by atoms with Crippen LogP contribution in [0, 0.1) is 5.92 Å². The average molecular weight is 332 g/mol. The van der Waals surface area contributed by atoms with E-state index < -0.39 is 0 Å². The van der Waals surface area contributed by atoms with Crippen LogP contribution in [-0.2, 0) is 9.53 Å². The Morgan fingerprint density at radius 2 is 2.00 bits per heavy atom. The fourth-order valence-electron chi connectivity index (χ4n) is 3.34. The Morgan fingerprint density at radius 1 is 1.21 bits per heavy atom. The number of carbonyl (C=O) groups excluding carboxylic acids is 2. The number of hydrogen-bond donors (Lipinski definition) is 1. The van der Waals surface area contributed by atoms with Gasteiger partial charge < -0.3 is 19.9 Å². The van der Waals surface area contributed by atoms with Gasteiger partial charge >= 0.3 is 6.09 Å². The molecule has 3 heterocycles. The Balaban J connectivity index is 1.56. The fraction of sp³-hybridized carbons (Fsp3) is 0.588. The number of likely N-dealkylation sites (tertiary alicyclic amines) is 1. The highest BCUT2D eigenvalue weighted by atomic mass is 16.5. The van der Waals surface area contributed by atoms with Gasteiger partial charge in [-0.25, -0.2) is 9.78 Å². The Labute approximate surface area is 142 Å². The highest BCUT2D eigenvalue weighted by molar-refractivity contribution is 5.92. The van der Waals surface area contributed by atoms with Crippen LogP contribution >= 0.6 is 0 Å². The summed E-state index contributed by atoms with van der Waals surface area (Å²) in [6, 6.07) is 3.84. The van der Waals surface area contributed by atoms with Crippen molar-refractivity contribution in [1.29, 1.82) is 0 Å². The van der Waals surface area contributed by atoms with Crippen LogP contribution in [0.1, 0.15) is 25.7 Å². The van der Waals surface area contributed by atoms with Crippen molar-refractivity contribution in [3.63, 3.8) is 0 Å². The molecule has 7 nitrogen and oxygen atoms in total. The number of methoxy groups -OCH3 is 1. The number of rotatable bonds is 3. The van der Waals surface area contributed by atoms with Gasteiger partial charge in [0.25, 0.3) is 0 Å². The number of nitrogens with zero attached hydrogens (tertiary/aromatic N) is 3. The Morgan fingerprint density at radius 3 is 2.67 bits per heavy atom. The lowest BCUT2D eigenvalue weighted by molar-refractivity contribution is -0.121. The molecule has 7 heteroatoms. The van der Waals surface area contributed by atoms with Crippen molar-refractivity contribution < 1.29 is 14.3 Å². The average Bonchev–Trinajstić information content (AvgIpc) is 3.16. The molecular formula is C17H24N4O3. The van der Waals surface area contributed by atoms with Crippen LogP contribution in [0.5, 0.6) is 0 Å². The van der Waals surface area contributed by atoms with Crippen LogP contribution in [0.25, 0.3) is 0 Å². The summed E-state index contributed by atoms with van der Waals surface area (Å²) >= 11 is 0. The molecule has 0 spiro atoms. The van der Waals surface area contributed by atoms with Crippen molar-refractivity contribution in [3.05, 3.63) is 18.3 Å². The van der Waals surface area contributed by atoms with Gasteiger partial charge in [0.2, 0.25) is 5.91 Å². The van der Waals surface area contributed by atoms with E-state index >= 15 is 0 Å². The first-order valence-electron chi connectivity index (χ1n) is 8.52. The summed E-state index contributed by atoms with van der Waals surface area (Å²) in [5, 5.41) is 2.86. The van der Waals surface area contributed by atoms with Crippen molar-refractivity contribution in [2.24, 2.45) is 5.92 Å². The van der Waals surface area contributed by atoms with E-state index in [0.717, 1.165) is 31.6 Å². The zero-order chi connectivity index (χ0) is 16.9.